The summed E-state index contributed by atoms with van der Waals surface area (Å²) in [5.41, 5.74) is -0.162. The molecule has 0 saturated heterocycles. The molecular weight excluding hydrogens is 376 g/mol. The average molecular weight is 384 g/mol. The van der Waals surface area contributed by atoms with E-state index in [4.69, 9.17) is 23.2 Å². The third-order valence-electron chi connectivity index (χ3n) is 2.80. The van der Waals surface area contributed by atoms with E-state index in [1.807, 2.05) is 0 Å². The van der Waals surface area contributed by atoms with Crippen LogP contribution >= 0.6 is 39.1 Å². The van der Waals surface area contributed by atoms with Crippen LogP contribution < -0.4 is 0 Å². The van der Waals surface area contributed by atoms with E-state index in [1.165, 1.54) is 18.2 Å². The minimum Gasteiger partial charge on any atom is -0.207 e. The molecule has 0 N–H and O–H groups in total. The zero-order valence-electron chi connectivity index (χ0n) is 9.94. The molecule has 20 heavy (non-hydrogen) atoms. The molecule has 0 nitrogen and oxygen atoms in total. The van der Waals surface area contributed by atoms with E-state index in [-0.39, 0.29) is 27.0 Å². The highest BCUT2D eigenvalue weighted by Gasteiger charge is 2.21. The fourth-order valence-corrected chi connectivity index (χ4v) is 2.87. The number of benzene rings is 2. The fourth-order valence-electron chi connectivity index (χ4n) is 1.86. The molecule has 0 aliphatic heterocycles. The molecule has 0 heterocycles. The first-order chi connectivity index (χ1) is 9.40. The molecule has 1 unspecified atom stereocenters. The van der Waals surface area contributed by atoms with E-state index < -0.39 is 22.8 Å². The second-order valence-corrected chi connectivity index (χ2v) is 6.00. The Bertz CT molecular complexity index is 603. The van der Waals surface area contributed by atoms with Gasteiger partial charge in [-0.25, -0.2) is 13.2 Å². The summed E-state index contributed by atoms with van der Waals surface area (Å²) in [4.78, 5) is 0. The highest BCUT2D eigenvalue weighted by atomic mass is 79.9. The molecule has 0 amide bonds. The summed E-state index contributed by atoms with van der Waals surface area (Å²) in [6.07, 6.45) is -0.109. The predicted octanol–water partition coefficient (Wildman–Crippen LogP) is 6.04. The maximum atomic E-state index is 13.8. The van der Waals surface area contributed by atoms with Crippen LogP contribution in [0.4, 0.5) is 13.2 Å². The van der Waals surface area contributed by atoms with Crippen LogP contribution in [0.15, 0.2) is 34.8 Å². The molecule has 0 aliphatic carbocycles. The summed E-state index contributed by atoms with van der Waals surface area (Å²) >= 11 is 14.9. The first kappa shape index (κ1) is 15.7. The molecule has 0 spiro atoms. The molecule has 0 saturated carbocycles. The van der Waals surface area contributed by atoms with Crippen LogP contribution in [-0.4, -0.2) is 0 Å². The molecule has 0 aliphatic rings. The molecule has 2 aromatic rings. The minimum atomic E-state index is -1.06. The van der Waals surface area contributed by atoms with Crippen LogP contribution in [0.3, 0.4) is 0 Å². The van der Waals surface area contributed by atoms with Crippen LogP contribution in [0.1, 0.15) is 16.5 Å². The van der Waals surface area contributed by atoms with Crippen molar-refractivity contribution in [2.75, 3.05) is 0 Å². The van der Waals surface area contributed by atoms with E-state index in [0.29, 0.717) is 0 Å². The van der Waals surface area contributed by atoms with Gasteiger partial charge in [-0.2, -0.15) is 0 Å². The summed E-state index contributed by atoms with van der Waals surface area (Å²) in [6.45, 7) is 0. The predicted molar refractivity (Wildman–Crippen MR) is 77.8 cm³/mol. The summed E-state index contributed by atoms with van der Waals surface area (Å²) in [5.74, 6) is -2.13. The first-order valence-electron chi connectivity index (χ1n) is 5.61. The summed E-state index contributed by atoms with van der Waals surface area (Å²) in [7, 11) is 0. The van der Waals surface area contributed by atoms with Crippen LogP contribution in [-0.2, 0) is 6.42 Å². The van der Waals surface area contributed by atoms with Gasteiger partial charge in [0.05, 0.1) is 5.38 Å². The van der Waals surface area contributed by atoms with Crippen molar-refractivity contribution in [1.82, 2.24) is 0 Å². The number of rotatable bonds is 3. The standard InChI is InChI=1S/C14H8BrCl2F3/c15-7-4-12(19)14(13(20)5-7)10(17)6-8-9(16)2-1-3-11(8)18/h1-5,10H,6H2. The normalized spacial score (nSPS) is 12.5. The molecule has 0 bridgehead atoms. The van der Waals surface area contributed by atoms with Gasteiger partial charge in [0.2, 0.25) is 0 Å². The largest absolute Gasteiger partial charge is 0.207 e. The molecule has 106 valence electrons. The number of hydrogen-bond acceptors (Lipinski definition) is 0. The Morgan fingerprint density at radius 3 is 2.20 bits per heavy atom. The molecule has 6 heteroatoms. The molecule has 2 rings (SSSR count). The van der Waals surface area contributed by atoms with Crippen molar-refractivity contribution >= 4 is 39.1 Å². The van der Waals surface area contributed by atoms with Gasteiger partial charge in [-0.3, -0.25) is 0 Å². The van der Waals surface area contributed by atoms with Crippen molar-refractivity contribution in [2.24, 2.45) is 0 Å². The summed E-state index contributed by atoms with van der Waals surface area (Å²) in [5, 5.41) is -0.883. The maximum absolute atomic E-state index is 13.8. The third-order valence-corrected chi connectivity index (χ3v) is 3.99. The third kappa shape index (κ3) is 3.30. The average Bonchev–Trinajstić information content (AvgIpc) is 2.32. The molecular formula is C14H8BrCl2F3. The lowest BCUT2D eigenvalue weighted by atomic mass is 10.0. The van der Waals surface area contributed by atoms with E-state index in [9.17, 15) is 13.2 Å². The van der Waals surface area contributed by atoms with Crippen LogP contribution in [0, 0.1) is 17.5 Å². The van der Waals surface area contributed by atoms with Gasteiger partial charge in [0.15, 0.2) is 0 Å². The number of hydrogen-bond donors (Lipinski definition) is 0. The van der Waals surface area contributed by atoms with Gasteiger partial charge < -0.3 is 0 Å². The zero-order chi connectivity index (χ0) is 14.9. The van der Waals surface area contributed by atoms with Crippen LogP contribution in [0.5, 0.6) is 0 Å². The van der Waals surface area contributed by atoms with Gasteiger partial charge in [0, 0.05) is 20.6 Å². The molecule has 0 radical (unpaired) electrons. The minimum absolute atomic E-state index is 0.109. The number of alkyl halides is 1. The van der Waals surface area contributed by atoms with E-state index in [2.05, 4.69) is 15.9 Å². The monoisotopic (exact) mass is 382 g/mol. The van der Waals surface area contributed by atoms with Crippen molar-refractivity contribution in [1.29, 1.82) is 0 Å². The maximum Gasteiger partial charge on any atom is 0.131 e. The van der Waals surface area contributed by atoms with Crippen LogP contribution in [0.25, 0.3) is 0 Å². The summed E-state index contributed by atoms with van der Waals surface area (Å²) < 4.78 is 41.5. The smallest absolute Gasteiger partial charge is 0.131 e. The van der Waals surface area contributed by atoms with Crippen molar-refractivity contribution in [3.63, 3.8) is 0 Å². The Balaban J connectivity index is 2.36. The molecule has 0 aromatic heterocycles. The Morgan fingerprint density at radius 2 is 1.65 bits per heavy atom. The van der Waals surface area contributed by atoms with Gasteiger partial charge in [0.25, 0.3) is 0 Å². The van der Waals surface area contributed by atoms with Crippen molar-refractivity contribution in [3.05, 3.63) is 68.4 Å². The zero-order valence-corrected chi connectivity index (χ0v) is 13.0. The first-order valence-corrected chi connectivity index (χ1v) is 7.22. The lowest BCUT2D eigenvalue weighted by Gasteiger charge is -2.14. The Hall–Kier alpha value is -0.710. The second-order valence-electron chi connectivity index (χ2n) is 4.15. The highest BCUT2D eigenvalue weighted by molar-refractivity contribution is 9.10. The van der Waals surface area contributed by atoms with Gasteiger partial charge in [0.1, 0.15) is 17.5 Å². The summed E-state index contributed by atoms with van der Waals surface area (Å²) in [6, 6.07) is 6.38. The Kier molecular flexibility index (Phi) is 4.99. The van der Waals surface area contributed by atoms with Gasteiger partial charge in [-0.1, -0.05) is 33.6 Å². The lowest BCUT2D eigenvalue weighted by molar-refractivity contribution is 0.545. The van der Waals surface area contributed by atoms with Gasteiger partial charge >= 0.3 is 0 Å². The molecule has 1 atom stereocenters. The van der Waals surface area contributed by atoms with Crippen molar-refractivity contribution in [3.8, 4) is 0 Å². The molecule has 0 fully saturated rings. The number of halogens is 6. The molecule has 2 aromatic carbocycles. The van der Waals surface area contributed by atoms with Crippen molar-refractivity contribution < 1.29 is 13.2 Å². The SMILES string of the molecule is Fc1cccc(Cl)c1CC(Cl)c1c(F)cc(Br)cc1F. The van der Waals surface area contributed by atoms with E-state index in [0.717, 1.165) is 12.1 Å². The van der Waals surface area contributed by atoms with Crippen molar-refractivity contribution in [2.45, 2.75) is 11.8 Å². The fraction of sp³-hybridized carbons (Fsp3) is 0.143. The van der Waals surface area contributed by atoms with E-state index >= 15 is 0 Å². The quantitative estimate of drug-likeness (QED) is 0.566. The van der Waals surface area contributed by atoms with E-state index in [1.54, 1.807) is 0 Å². The Morgan fingerprint density at radius 1 is 1.05 bits per heavy atom. The lowest BCUT2D eigenvalue weighted by Crippen LogP contribution is -2.04. The Labute approximate surface area is 132 Å². The topological polar surface area (TPSA) is 0 Å². The highest BCUT2D eigenvalue weighted by Crippen LogP contribution is 2.33. The van der Waals surface area contributed by atoms with Gasteiger partial charge in [-0.15, -0.1) is 11.6 Å². The van der Waals surface area contributed by atoms with Crippen LogP contribution in [0.2, 0.25) is 5.02 Å². The second kappa shape index (κ2) is 6.37. The van der Waals surface area contributed by atoms with Gasteiger partial charge in [-0.05, 0) is 30.7 Å².